The van der Waals surface area contributed by atoms with Crippen molar-refractivity contribution in [3.63, 3.8) is 0 Å². The lowest BCUT2D eigenvalue weighted by Crippen LogP contribution is -2.27. The summed E-state index contributed by atoms with van der Waals surface area (Å²) in [5.41, 5.74) is 1.10. The van der Waals surface area contributed by atoms with E-state index in [0.29, 0.717) is 5.56 Å². The first-order chi connectivity index (χ1) is 10.1. The van der Waals surface area contributed by atoms with Crippen LogP contribution in [0.15, 0.2) is 30.5 Å². The molecule has 1 aromatic heterocycles. The molecule has 0 atom stereocenters. The number of rotatable bonds is 5. The SMILES string of the molecule is N#Cc1cccc(CNC(=O)Cn2cc(C(=O)O)nn2)c1. The largest absolute Gasteiger partial charge is 0.476 e. The third-order valence-electron chi connectivity index (χ3n) is 2.61. The first kappa shape index (κ1) is 14.2. The molecule has 1 amide bonds. The normalized spacial score (nSPS) is 9.86. The van der Waals surface area contributed by atoms with Gasteiger partial charge in [-0.15, -0.1) is 5.10 Å². The van der Waals surface area contributed by atoms with Gasteiger partial charge in [-0.2, -0.15) is 5.26 Å². The Morgan fingerprint density at radius 2 is 2.24 bits per heavy atom. The van der Waals surface area contributed by atoms with Crippen LogP contribution < -0.4 is 5.32 Å². The van der Waals surface area contributed by atoms with E-state index < -0.39 is 5.97 Å². The summed E-state index contributed by atoms with van der Waals surface area (Å²) in [6.07, 6.45) is 1.18. The Bertz CT molecular complexity index is 717. The second-order valence-corrected chi connectivity index (χ2v) is 4.20. The van der Waals surface area contributed by atoms with Crippen LogP contribution in [0, 0.1) is 11.3 Å². The Balaban J connectivity index is 1.89. The molecule has 2 aromatic rings. The molecule has 0 aliphatic carbocycles. The molecule has 2 N–H and O–H groups in total. The fourth-order valence-electron chi connectivity index (χ4n) is 1.63. The molecular formula is C13H11N5O3. The number of nitriles is 1. The van der Waals surface area contributed by atoms with Gasteiger partial charge in [-0.1, -0.05) is 17.3 Å². The smallest absolute Gasteiger partial charge is 0.358 e. The van der Waals surface area contributed by atoms with Crippen molar-refractivity contribution in [3.05, 3.63) is 47.3 Å². The highest BCUT2D eigenvalue weighted by Crippen LogP contribution is 2.03. The minimum absolute atomic E-state index is 0.127. The van der Waals surface area contributed by atoms with Gasteiger partial charge in [0.2, 0.25) is 5.91 Å². The minimum Gasteiger partial charge on any atom is -0.476 e. The number of carbonyl (C=O) groups is 2. The lowest BCUT2D eigenvalue weighted by Gasteiger charge is -2.05. The highest BCUT2D eigenvalue weighted by molar-refractivity contribution is 5.84. The predicted molar refractivity (Wildman–Crippen MR) is 70.0 cm³/mol. The van der Waals surface area contributed by atoms with Crippen molar-refractivity contribution in [3.8, 4) is 6.07 Å². The van der Waals surface area contributed by atoms with Crippen molar-refractivity contribution in [2.24, 2.45) is 0 Å². The molecule has 0 saturated heterocycles. The van der Waals surface area contributed by atoms with E-state index in [2.05, 4.69) is 15.6 Å². The van der Waals surface area contributed by atoms with Crippen molar-refractivity contribution in [2.45, 2.75) is 13.1 Å². The highest BCUT2D eigenvalue weighted by atomic mass is 16.4. The zero-order chi connectivity index (χ0) is 15.2. The number of nitrogens with zero attached hydrogens (tertiary/aromatic N) is 4. The lowest BCUT2D eigenvalue weighted by molar-refractivity contribution is -0.122. The minimum atomic E-state index is -1.20. The molecule has 0 saturated carbocycles. The molecule has 0 aliphatic heterocycles. The van der Waals surface area contributed by atoms with Crippen molar-refractivity contribution < 1.29 is 14.7 Å². The number of aromatic carboxylic acids is 1. The maximum atomic E-state index is 11.7. The van der Waals surface area contributed by atoms with E-state index in [9.17, 15) is 9.59 Å². The van der Waals surface area contributed by atoms with Crippen molar-refractivity contribution in [2.75, 3.05) is 0 Å². The first-order valence-electron chi connectivity index (χ1n) is 5.97. The van der Waals surface area contributed by atoms with Crippen LogP contribution in [0.5, 0.6) is 0 Å². The Labute approximate surface area is 119 Å². The molecule has 1 aromatic carbocycles. The van der Waals surface area contributed by atoms with Crippen LogP contribution in [0.4, 0.5) is 0 Å². The molecule has 2 rings (SSSR count). The number of carboxylic acids is 1. The van der Waals surface area contributed by atoms with E-state index in [1.54, 1.807) is 24.3 Å². The number of amides is 1. The quantitative estimate of drug-likeness (QED) is 0.807. The van der Waals surface area contributed by atoms with Gasteiger partial charge in [0.1, 0.15) is 6.54 Å². The molecule has 0 unspecified atom stereocenters. The molecule has 0 bridgehead atoms. The van der Waals surface area contributed by atoms with Crippen LogP contribution in [0.1, 0.15) is 21.6 Å². The Morgan fingerprint density at radius 3 is 2.90 bits per heavy atom. The molecule has 0 aliphatic rings. The molecule has 8 nitrogen and oxygen atoms in total. The van der Waals surface area contributed by atoms with Crippen LogP contribution in [-0.4, -0.2) is 32.0 Å². The fourth-order valence-corrected chi connectivity index (χ4v) is 1.63. The summed E-state index contributed by atoms with van der Waals surface area (Å²) >= 11 is 0. The summed E-state index contributed by atoms with van der Waals surface area (Å²) in [5.74, 6) is -1.53. The number of carboxylic acid groups (broad SMARTS) is 1. The fraction of sp³-hybridized carbons (Fsp3) is 0.154. The number of aromatic nitrogens is 3. The molecule has 0 radical (unpaired) electrons. The predicted octanol–water partition coefficient (Wildman–Crippen LogP) is 0.164. The van der Waals surface area contributed by atoms with E-state index in [0.717, 1.165) is 10.2 Å². The molecule has 8 heteroatoms. The third-order valence-corrected chi connectivity index (χ3v) is 2.61. The van der Waals surface area contributed by atoms with E-state index in [1.165, 1.54) is 6.20 Å². The van der Waals surface area contributed by atoms with Gasteiger partial charge in [0.25, 0.3) is 0 Å². The standard InChI is InChI=1S/C13H11N5O3/c14-5-9-2-1-3-10(4-9)6-15-12(19)8-18-7-11(13(20)21)16-17-18/h1-4,7H,6,8H2,(H,15,19)(H,20,21). The monoisotopic (exact) mass is 285 g/mol. The third kappa shape index (κ3) is 3.87. The van der Waals surface area contributed by atoms with Gasteiger partial charge in [0.15, 0.2) is 5.69 Å². The number of nitrogens with one attached hydrogen (secondary N) is 1. The van der Waals surface area contributed by atoms with Crippen LogP contribution >= 0.6 is 0 Å². The second-order valence-electron chi connectivity index (χ2n) is 4.20. The zero-order valence-electron chi connectivity index (χ0n) is 10.9. The number of hydrogen-bond acceptors (Lipinski definition) is 5. The van der Waals surface area contributed by atoms with Crippen molar-refractivity contribution in [1.82, 2.24) is 20.3 Å². The van der Waals surface area contributed by atoms with Gasteiger partial charge in [-0.05, 0) is 17.7 Å². The van der Waals surface area contributed by atoms with Crippen molar-refractivity contribution in [1.29, 1.82) is 5.26 Å². The van der Waals surface area contributed by atoms with Crippen molar-refractivity contribution >= 4 is 11.9 Å². The summed E-state index contributed by atoms with van der Waals surface area (Å²) in [4.78, 5) is 22.3. The summed E-state index contributed by atoms with van der Waals surface area (Å²) in [6.45, 7) is 0.146. The lowest BCUT2D eigenvalue weighted by atomic mass is 10.1. The Morgan fingerprint density at radius 1 is 1.43 bits per heavy atom. The van der Waals surface area contributed by atoms with Crippen LogP contribution in [0.25, 0.3) is 0 Å². The molecule has 0 fully saturated rings. The molecule has 21 heavy (non-hydrogen) atoms. The van der Waals surface area contributed by atoms with Crippen LogP contribution in [0.2, 0.25) is 0 Å². The van der Waals surface area contributed by atoms with Gasteiger partial charge in [0, 0.05) is 6.54 Å². The summed E-state index contributed by atoms with van der Waals surface area (Å²) in [5, 5.41) is 27.1. The Hall–Kier alpha value is -3.21. The van der Waals surface area contributed by atoms with Gasteiger partial charge < -0.3 is 10.4 Å². The summed E-state index contributed by atoms with van der Waals surface area (Å²) in [7, 11) is 0. The van der Waals surface area contributed by atoms with Gasteiger partial charge in [-0.25, -0.2) is 9.48 Å². The average molecular weight is 285 g/mol. The van der Waals surface area contributed by atoms with Gasteiger partial charge in [-0.3, -0.25) is 4.79 Å². The van der Waals surface area contributed by atoms with Gasteiger partial charge >= 0.3 is 5.97 Å². The number of benzene rings is 1. The van der Waals surface area contributed by atoms with E-state index >= 15 is 0 Å². The van der Waals surface area contributed by atoms with Gasteiger partial charge in [0.05, 0.1) is 17.8 Å². The first-order valence-corrected chi connectivity index (χ1v) is 5.97. The number of carbonyl (C=O) groups excluding carboxylic acids is 1. The number of hydrogen-bond donors (Lipinski definition) is 2. The average Bonchev–Trinajstić information content (AvgIpc) is 2.94. The van der Waals surface area contributed by atoms with E-state index in [-0.39, 0.29) is 24.7 Å². The van der Waals surface area contributed by atoms with Crippen LogP contribution in [0.3, 0.4) is 0 Å². The summed E-state index contributed by atoms with van der Waals surface area (Å²) in [6, 6.07) is 8.89. The topological polar surface area (TPSA) is 121 Å². The maximum absolute atomic E-state index is 11.7. The maximum Gasteiger partial charge on any atom is 0.358 e. The molecule has 106 valence electrons. The van der Waals surface area contributed by atoms with Crippen LogP contribution in [-0.2, 0) is 17.9 Å². The zero-order valence-corrected chi connectivity index (χ0v) is 10.9. The summed E-state index contributed by atoms with van der Waals surface area (Å²) < 4.78 is 1.14. The van der Waals surface area contributed by atoms with E-state index in [4.69, 9.17) is 10.4 Å². The molecule has 0 spiro atoms. The highest BCUT2D eigenvalue weighted by Gasteiger charge is 2.10. The Kier molecular flexibility index (Phi) is 4.26. The van der Waals surface area contributed by atoms with E-state index in [1.807, 2.05) is 6.07 Å². The second kappa shape index (κ2) is 6.29. The molecule has 1 heterocycles. The molecular weight excluding hydrogens is 274 g/mol.